The zero-order valence-electron chi connectivity index (χ0n) is 17.5. The number of likely N-dealkylation sites (tertiary alicyclic amines) is 2. The first kappa shape index (κ1) is 19.9. The zero-order chi connectivity index (χ0) is 20.4. The lowest BCUT2D eigenvalue weighted by Gasteiger charge is -2.52. The Bertz CT molecular complexity index is 849. The fourth-order valence-electron chi connectivity index (χ4n) is 4.46. The van der Waals surface area contributed by atoms with Crippen LogP contribution in [0.15, 0.2) is 42.7 Å². The van der Waals surface area contributed by atoms with Gasteiger partial charge in [0.25, 0.3) is 0 Å². The maximum atomic E-state index is 12.7. The van der Waals surface area contributed by atoms with Gasteiger partial charge in [0.1, 0.15) is 0 Å². The molecule has 6 nitrogen and oxygen atoms in total. The number of urea groups is 1. The van der Waals surface area contributed by atoms with Crippen molar-refractivity contribution in [1.29, 1.82) is 0 Å². The van der Waals surface area contributed by atoms with E-state index in [1.807, 2.05) is 35.4 Å². The van der Waals surface area contributed by atoms with Gasteiger partial charge in [0.15, 0.2) is 0 Å². The van der Waals surface area contributed by atoms with E-state index in [0.29, 0.717) is 6.04 Å². The van der Waals surface area contributed by atoms with Crippen LogP contribution in [0.5, 0.6) is 0 Å². The largest absolute Gasteiger partial charge is 0.378 e. The summed E-state index contributed by atoms with van der Waals surface area (Å²) >= 11 is 0. The highest BCUT2D eigenvalue weighted by atomic mass is 16.5. The molecule has 2 aromatic rings. The number of nitrogens with zero attached hydrogens (tertiary/aromatic N) is 3. The van der Waals surface area contributed by atoms with E-state index in [-0.39, 0.29) is 18.2 Å². The second kappa shape index (κ2) is 8.51. The molecule has 2 aliphatic heterocycles. The number of aromatic nitrogens is 1. The summed E-state index contributed by atoms with van der Waals surface area (Å²) < 4.78 is 5.67. The molecule has 0 saturated carbocycles. The molecule has 2 amide bonds. The van der Waals surface area contributed by atoms with Gasteiger partial charge in [-0.25, -0.2) is 4.79 Å². The number of methoxy groups -OCH3 is 1. The van der Waals surface area contributed by atoms with E-state index in [9.17, 15) is 4.79 Å². The molecular formula is C23H30N4O2. The van der Waals surface area contributed by atoms with Crippen molar-refractivity contribution in [1.82, 2.24) is 14.8 Å². The third-order valence-electron chi connectivity index (χ3n) is 6.41. The van der Waals surface area contributed by atoms with Gasteiger partial charge >= 0.3 is 6.03 Å². The van der Waals surface area contributed by atoms with Crippen LogP contribution in [0.25, 0.3) is 0 Å². The Kier molecular flexibility index (Phi) is 5.83. The number of pyridine rings is 1. The van der Waals surface area contributed by atoms with Crippen molar-refractivity contribution in [2.75, 3.05) is 32.1 Å². The summed E-state index contributed by atoms with van der Waals surface area (Å²) in [4.78, 5) is 21.4. The number of hydrogen-bond donors (Lipinski definition) is 1. The number of anilines is 1. The van der Waals surface area contributed by atoms with Crippen LogP contribution < -0.4 is 5.32 Å². The van der Waals surface area contributed by atoms with Crippen LogP contribution in [0.3, 0.4) is 0 Å². The van der Waals surface area contributed by atoms with Crippen molar-refractivity contribution in [3.8, 4) is 0 Å². The normalized spacial score (nSPS) is 22.9. The molecule has 2 aliphatic rings. The van der Waals surface area contributed by atoms with Gasteiger partial charge in [0.2, 0.25) is 0 Å². The Balaban J connectivity index is 1.34. The lowest BCUT2D eigenvalue weighted by molar-refractivity contribution is -0.115. The summed E-state index contributed by atoms with van der Waals surface area (Å²) in [5.41, 5.74) is 4.49. The van der Waals surface area contributed by atoms with Crippen LogP contribution in [0.4, 0.5) is 10.5 Å². The van der Waals surface area contributed by atoms with E-state index in [1.54, 1.807) is 13.3 Å². The molecule has 0 radical (unpaired) electrons. The Morgan fingerprint density at radius 3 is 2.62 bits per heavy atom. The predicted molar refractivity (Wildman–Crippen MR) is 114 cm³/mol. The highest BCUT2D eigenvalue weighted by Crippen LogP contribution is 2.39. The first-order valence-electron chi connectivity index (χ1n) is 10.4. The summed E-state index contributed by atoms with van der Waals surface area (Å²) in [6, 6.07) is 10.9. The van der Waals surface area contributed by atoms with E-state index in [2.05, 4.69) is 35.1 Å². The highest BCUT2D eigenvalue weighted by Gasteiger charge is 2.44. The summed E-state index contributed by atoms with van der Waals surface area (Å²) in [5.74, 6) is 0. The number of hydrogen-bond acceptors (Lipinski definition) is 4. The lowest BCUT2D eigenvalue weighted by Crippen LogP contribution is -2.60. The third kappa shape index (κ3) is 4.14. The minimum atomic E-state index is -0.00566. The fraction of sp³-hybridized carbons (Fsp3) is 0.478. The van der Waals surface area contributed by atoms with E-state index < -0.39 is 0 Å². The van der Waals surface area contributed by atoms with Gasteiger partial charge in [0.05, 0.1) is 12.1 Å². The number of ether oxygens (including phenoxy) is 1. The molecule has 1 N–H and O–H groups in total. The predicted octanol–water partition coefficient (Wildman–Crippen LogP) is 3.77. The molecule has 154 valence electrons. The van der Waals surface area contributed by atoms with E-state index in [1.165, 1.54) is 16.7 Å². The topological polar surface area (TPSA) is 57.7 Å². The Morgan fingerprint density at radius 1 is 1.17 bits per heavy atom. The van der Waals surface area contributed by atoms with Crippen LogP contribution in [0.1, 0.15) is 35.6 Å². The van der Waals surface area contributed by atoms with E-state index >= 15 is 0 Å². The van der Waals surface area contributed by atoms with Gasteiger partial charge in [-0.2, -0.15) is 0 Å². The minimum absolute atomic E-state index is 0.00566. The third-order valence-corrected chi connectivity index (χ3v) is 6.41. The van der Waals surface area contributed by atoms with Crippen LogP contribution >= 0.6 is 0 Å². The fourth-order valence-corrected chi connectivity index (χ4v) is 4.46. The summed E-state index contributed by atoms with van der Waals surface area (Å²) in [7, 11) is 1.78. The number of benzene rings is 1. The van der Waals surface area contributed by atoms with Crippen molar-refractivity contribution in [3.05, 3.63) is 59.4 Å². The van der Waals surface area contributed by atoms with Gasteiger partial charge in [-0.15, -0.1) is 0 Å². The maximum absolute atomic E-state index is 12.7. The van der Waals surface area contributed by atoms with Gasteiger partial charge in [-0.1, -0.05) is 12.1 Å². The molecule has 2 fully saturated rings. The molecule has 0 unspecified atom stereocenters. The molecule has 0 spiro atoms. The molecule has 6 heteroatoms. The number of amides is 2. The standard InChI is InChI=1S/C23H30N4O2/c1-16-6-7-19(13-17(16)2)25-23(28)26-11-8-20(9-12-26)27-15-21(29-3)22(27)18-5-4-10-24-14-18/h4-7,10,13-14,20-22H,8-9,11-12,15H2,1-3H3,(H,25,28)/t21-,22-/m0/s1. The first-order valence-corrected chi connectivity index (χ1v) is 10.4. The maximum Gasteiger partial charge on any atom is 0.321 e. The average Bonchev–Trinajstić information content (AvgIpc) is 2.71. The monoisotopic (exact) mass is 394 g/mol. The summed E-state index contributed by atoms with van der Waals surface area (Å²) in [6.07, 6.45) is 5.92. The van der Waals surface area contributed by atoms with Gasteiger partial charge in [-0.3, -0.25) is 9.88 Å². The summed E-state index contributed by atoms with van der Waals surface area (Å²) in [6.45, 7) is 6.63. The number of piperidine rings is 1. The number of carbonyl (C=O) groups is 1. The van der Waals surface area contributed by atoms with Crippen LogP contribution in [0.2, 0.25) is 0 Å². The Hall–Kier alpha value is -2.44. The van der Waals surface area contributed by atoms with E-state index in [0.717, 1.165) is 38.2 Å². The Labute approximate surface area is 172 Å². The van der Waals surface area contributed by atoms with Crippen LogP contribution in [-0.2, 0) is 4.74 Å². The second-order valence-corrected chi connectivity index (χ2v) is 8.15. The number of carbonyl (C=O) groups excluding carboxylic acids is 1. The molecule has 1 aromatic carbocycles. The quantitative estimate of drug-likeness (QED) is 0.858. The van der Waals surface area contributed by atoms with Gasteiger partial charge in [-0.05, 0) is 61.6 Å². The van der Waals surface area contributed by atoms with Crippen molar-refractivity contribution in [2.24, 2.45) is 0 Å². The second-order valence-electron chi connectivity index (χ2n) is 8.15. The van der Waals surface area contributed by atoms with Crippen LogP contribution in [-0.4, -0.2) is 59.7 Å². The van der Waals surface area contributed by atoms with E-state index in [4.69, 9.17) is 4.74 Å². The molecule has 2 atom stereocenters. The molecule has 0 bridgehead atoms. The minimum Gasteiger partial charge on any atom is -0.378 e. The molecule has 4 rings (SSSR count). The van der Waals surface area contributed by atoms with Crippen LogP contribution in [0, 0.1) is 13.8 Å². The molecule has 3 heterocycles. The Morgan fingerprint density at radius 2 is 1.97 bits per heavy atom. The molecule has 1 aromatic heterocycles. The first-order chi connectivity index (χ1) is 14.1. The molecule has 0 aliphatic carbocycles. The van der Waals surface area contributed by atoms with Crippen molar-refractivity contribution >= 4 is 11.7 Å². The van der Waals surface area contributed by atoms with Gasteiger partial charge < -0.3 is 15.0 Å². The molecular weight excluding hydrogens is 364 g/mol. The molecule has 2 saturated heterocycles. The number of aryl methyl sites for hydroxylation is 2. The number of rotatable bonds is 4. The van der Waals surface area contributed by atoms with Crippen molar-refractivity contribution in [2.45, 2.75) is 44.9 Å². The average molecular weight is 395 g/mol. The number of nitrogens with one attached hydrogen (secondary N) is 1. The SMILES string of the molecule is CO[C@H]1CN(C2CCN(C(=O)Nc3ccc(C)c(C)c3)CC2)[C@H]1c1cccnc1. The molecule has 29 heavy (non-hydrogen) atoms. The van der Waals surface area contributed by atoms with Crippen molar-refractivity contribution < 1.29 is 9.53 Å². The lowest BCUT2D eigenvalue weighted by atomic mass is 9.88. The van der Waals surface area contributed by atoms with Gasteiger partial charge in [0, 0.05) is 50.9 Å². The smallest absolute Gasteiger partial charge is 0.321 e. The highest BCUT2D eigenvalue weighted by molar-refractivity contribution is 5.89. The zero-order valence-corrected chi connectivity index (χ0v) is 17.5. The van der Waals surface area contributed by atoms with Crippen molar-refractivity contribution in [3.63, 3.8) is 0 Å². The summed E-state index contributed by atoms with van der Waals surface area (Å²) in [5, 5.41) is 3.05.